The Balaban J connectivity index is 3.13. The average Bonchev–Trinajstić information content (AvgIpc) is 2.73. The van der Waals surface area contributed by atoms with Gasteiger partial charge in [0.1, 0.15) is 12.4 Å². The van der Waals surface area contributed by atoms with Crippen LogP contribution in [0.25, 0.3) is 5.70 Å². The lowest BCUT2D eigenvalue weighted by atomic mass is 10.4. The van der Waals surface area contributed by atoms with Crippen LogP contribution in [0.3, 0.4) is 0 Å². The van der Waals surface area contributed by atoms with Crippen molar-refractivity contribution in [3.05, 3.63) is 28.7 Å². The van der Waals surface area contributed by atoms with Crippen LogP contribution in [-0.2, 0) is 9.53 Å². The van der Waals surface area contributed by atoms with Crippen molar-refractivity contribution in [3.63, 3.8) is 0 Å². The first kappa shape index (κ1) is 12.7. The van der Waals surface area contributed by atoms with Gasteiger partial charge in [-0.05, 0) is 0 Å². The number of methoxy groups -OCH3 is 1. The highest BCUT2D eigenvalue weighted by Gasteiger charge is 2.17. The molecule has 0 aromatic carbocycles. The van der Waals surface area contributed by atoms with E-state index in [-0.39, 0.29) is 11.4 Å². The van der Waals surface area contributed by atoms with Crippen LogP contribution in [0.2, 0.25) is 0 Å². The number of carbonyl (C=O) groups excluding carboxylic acids is 1. The van der Waals surface area contributed by atoms with Crippen molar-refractivity contribution in [1.82, 2.24) is 14.7 Å². The Labute approximate surface area is 97.2 Å². The molecule has 0 aliphatic rings. The number of ether oxygens (including phenoxy) is 1. The molecule has 1 aromatic heterocycles. The monoisotopic (exact) mass is 240 g/mol. The first-order valence-corrected chi connectivity index (χ1v) is 4.61. The van der Waals surface area contributed by atoms with Gasteiger partial charge in [-0.25, -0.2) is 9.48 Å². The molecule has 17 heavy (non-hydrogen) atoms. The molecule has 0 unspecified atom stereocenters. The van der Waals surface area contributed by atoms with Gasteiger partial charge in [0, 0.05) is 20.3 Å². The molecule has 0 bridgehead atoms. The summed E-state index contributed by atoms with van der Waals surface area (Å²) < 4.78 is 5.67. The Hall–Kier alpha value is -2.38. The Morgan fingerprint density at radius 3 is 2.71 bits per heavy atom. The summed E-state index contributed by atoms with van der Waals surface area (Å²) in [6, 6.07) is 0. The third-order valence-corrected chi connectivity index (χ3v) is 1.80. The zero-order valence-corrected chi connectivity index (χ0v) is 9.65. The number of hydrogen-bond donors (Lipinski definition) is 0. The number of hydrogen-bond acceptors (Lipinski definition) is 6. The van der Waals surface area contributed by atoms with Gasteiger partial charge in [-0.1, -0.05) is 0 Å². The van der Waals surface area contributed by atoms with Crippen LogP contribution in [0, 0.1) is 10.1 Å². The Kier molecular flexibility index (Phi) is 3.81. The van der Waals surface area contributed by atoms with Gasteiger partial charge in [0.25, 0.3) is 0 Å². The molecule has 92 valence electrons. The van der Waals surface area contributed by atoms with E-state index in [0.717, 1.165) is 17.1 Å². The number of nitrogens with zero attached hydrogens (tertiary/aromatic N) is 4. The van der Waals surface area contributed by atoms with E-state index in [1.54, 1.807) is 19.0 Å². The van der Waals surface area contributed by atoms with Crippen LogP contribution in [0.4, 0.5) is 5.69 Å². The van der Waals surface area contributed by atoms with Crippen LogP contribution in [-0.4, -0.2) is 46.8 Å². The minimum absolute atomic E-state index is 0.0885. The first-order valence-electron chi connectivity index (χ1n) is 4.61. The number of aromatic nitrogens is 2. The van der Waals surface area contributed by atoms with E-state index < -0.39 is 10.9 Å². The predicted octanol–water partition coefficient (Wildman–Crippen LogP) is 0.324. The smallest absolute Gasteiger partial charge is 0.358 e. The summed E-state index contributed by atoms with van der Waals surface area (Å²) in [5, 5.41) is 14.2. The van der Waals surface area contributed by atoms with Crippen LogP contribution in [0.1, 0.15) is 0 Å². The van der Waals surface area contributed by atoms with Crippen LogP contribution in [0.15, 0.2) is 18.6 Å². The highest BCUT2D eigenvalue weighted by molar-refractivity contribution is 6.09. The predicted molar refractivity (Wildman–Crippen MR) is 58.9 cm³/mol. The second kappa shape index (κ2) is 5.10. The normalized spacial score (nSPS) is 11.1. The van der Waals surface area contributed by atoms with Crippen molar-refractivity contribution in [2.75, 3.05) is 21.2 Å². The number of carbonyl (C=O) groups is 1. The lowest BCUT2D eigenvalue weighted by Crippen LogP contribution is -2.15. The van der Waals surface area contributed by atoms with E-state index in [9.17, 15) is 14.9 Å². The molecule has 1 aromatic rings. The molecule has 0 aliphatic heterocycles. The van der Waals surface area contributed by atoms with E-state index >= 15 is 0 Å². The molecule has 1 heterocycles. The van der Waals surface area contributed by atoms with E-state index in [1.165, 1.54) is 13.3 Å². The van der Waals surface area contributed by atoms with Gasteiger partial charge >= 0.3 is 11.7 Å². The quantitative estimate of drug-likeness (QED) is 0.326. The summed E-state index contributed by atoms with van der Waals surface area (Å²) in [6.45, 7) is 0. The summed E-state index contributed by atoms with van der Waals surface area (Å²) in [4.78, 5) is 23.0. The fraction of sp³-hybridized carbons (Fsp3) is 0.333. The van der Waals surface area contributed by atoms with Gasteiger partial charge in [0.15, 0.2) is 5.70 Å². The van der Waals surface area contributed by atoms with Gasteiger partial charge in [-0.15, -0.1) is 0 Å². The first-order chi connectivity index (χ1) is 7.95. The molecule has 0 fully saturated rings. The fourth-order valence-corrected chi connectivity index (χ4v) is 1.09. The topological polar surface area (TPSA) is 90.5 Å². The van der Waals surface area contributed by atoms with Gasteiger partial charge in [-0.3, -0.25) is 10.1 Å². The largest absolute Gasteiger partial charge is 0.464 e. The third kappa shape index (κ3) is 3.03. The second-order valence-electron chi connectivity index (χ2n) is 3.37. The van der Waals surface area contributed by atoms with Crippen molar-refractivity contribution in [1.29, 1.82) is 0 Å². The molecule has 1 rings (SSSR count). The summed E-state index contributed by atoms with van der Waals surface area (Å²) in [6.07, 6.45) is 3.67. The van der Waals surface area contributed by atoms with Crippen LogP contribution in [0.5, 0.6) is 0 Å². The highest BCUT2D eigenvalue weighted by Crippen LogP contribution is 2.13. The summed E-state index contributed by atoms with van der Waals surface area (Å²) >= 11 is 0. The fourth-order valence-electron chi connectivity index (χ4n) is 1.09. The molecule has 8 nitrogen and oxygen atoms in total. The minimum Gasteiger partial charge on any atom is -0.464 e. The molecule has 0 saturated heterocycles. The van der Waals surface area contributed by atoms with Crippen molar-refractivity contribution in [2.24, 2.45) is 0 Å². The molecule has 0 saturated carbocycles. The van der Waals surface area contributed by atoms with Gasteiger partial charge in [0.05, 0.1) is 12.0 Å². The molecule has 0 N–H and O–H groups in total. The van der Waals surface area contributed by atoms with Crippen LogP contribution >= 0.6 is 0 Å². The zero-order chi connectivity index (χ0) is 13.0. The molecule has 0 radical (unpaired) electrons. The average molecular weight is 240 g/mol. The van der Waals surface area contributed by atoms with E-state index in [1.807, 2.05) is 0 Å². The second-order valence-corrected chi connectivity index (χ2v) is 3.37. The van der Waals surface area contributed by atoms with Gasteiger partial charge < -0.3 is 9.64 Å². The van der Waals surface area contributed by atoms with Crippen molar-refractivity contribution in [3.8, 4) is 0 Å². The Morgan fingerprint density at radius 2 is 2.29 bits per heavy atom. The molecule has 0 aliphatic carbocycles. The molecular weight excluding hydrogens is 228 g/mol. The highest BCUT2D eigenvalue weighted by atomic mass is 16.6. The summed E-state index contributed by atoms with van der Waals surface area (Å²) in [5.41, 5.74) is -0.107. The maximum Gasteiger partial charge on any atom is 0.358 e. The third-order valence-electron chi connectivity index (χ3n) is 1.80. The summed E-state index contributed by atoms with van der Waals surface area (Å²) in [5.74, 6) is -0.628. The minimum atomic E-state index is -0.628. The van der Waals surface area contributed by atoms with E-state index in [2.05, 4.69) is 9.84 Å². The Morgan fingerprint density at radius 1 is 1.65 bits per heavy atom. The number of esters is 1. The summed E-state index contributed by atoms with van der Waals surface area (Å²) in [7, 11) is 4.64. The standard InChI is InChI=1S/C9H12N4O4/c1-11(2)6-8(9(14)17-3)12-5-7(4-10-12)13(15)16/h4-6H,1-3H3. The number of rotatable bonds is 4. The lowest BCUT2D eigenvalue weighted by molar-refractivity contribution is -0.384. The van der Waals surface area contributed by atoms with E-state index in [0.29, 0.717) is 0 Å². The molecule has 0 atom stereocenters. The molecule has 0 spiro atoms. The van der Waals surface area contributed by atoms with Gasteiger partial charge in [-0.2, -0.15) is 5.10 Å². The van der Waals surface area contributed by atoms with Crippen molar-refractivity contribution < 1.29 is 14.5 Å². The molecule has 0 amide bonds. The van der Waals surface area contributed by atoms with Crippen LogP contribution < -0.4 is 0 Å². The Bertz CT molecular complexity index is 463. The SMILES string of the molecule is COC(=O)C(=CN(C)C)n1cc([N+](=O)[O-])cn1. The lowest BCUT2D eigenvalue weighted by Gasteiger charge is -2.09. The van der Waals surface area contributed by atoms with Crippen molar-refractivity contribution >= 4 is 17.4 Å². The molecule has 8 heteroatoms. The maximum absolute atomic E-state index is 11.5. The maximum atomic E-state index is 11.5. The number of nitro groups is 1. The van der Waals surface area contributed by atoms with Crippen molar-refractivity contribution in [2.45, 2.75) is 0 Å². The van der Waals surface area contributed by atoms with Gasteiger partial charge in [0.2, 0.25) is 0 Å². The zero-order valence-electron chi connectivity index (χ0n) is 9.65. The van der Waals surface area contributed by atoms with E-state index in [4.69, 9.17) is 0 Å². The molecular formula is C9H12N4O4.